The van der Waals surface area contributed by atoms with Gasteiger partial charge in [0.25, 0.3) is 0 Å². The van der Waals surface area contributed by atoms with Crippen LogP contribution in [0.5, 0.6) is 0 Å². The van der Waals surface area contributed by atoms with Gasteiger partial charge >= 0.3 is 6.03 Å². The van der Waals surface area contributed by atoms with Crippen LogP contribution in [0.25, 0.3) is 22.5 Å². The molecule has 1 saturated carbocycles. The molecule has 2 aliphatic rings. The quantitative estimate of drug-likeness (QED) is 0.599. The Hall–Kier alpha value is -3.23. The molecule has 0 atom stereocenters. The van der Waals surface area contributed by atoms with Crippen LogP contribution in [0.3, 0.4) is 0 Å². The molecule has 0 spiro atoms. The van der Waals surface area contributed by atoms with Crippen molar-refractivity contribution in [2.45, 2.75) is 58.9 Å². The summed E-state index contributed by atoms with van der Waals surface area (Å²) < 4.78 is 2.05. The van der Waals surface area contributed by atoms with Crippen LogP contribution in [0.15, 0.2) is 30.6 Å². The molecule has 3 heterocycles. The van der Waals surface area contributed by atoms with E-state index in [0.717, 1.165) is 42.6 Å². The van der Waals surface area contributed by atoms with Crippen molar-refractivity contribution < 1.29 is 4.79 Å². The highest BCUT2D eigenvalue weighted by Gasteiger charge is 2.30. The van der Waals surface area contributed by atoms with E-state index in [0.29, 0.717) is 23.5 Å². The first-order chi connectivity index (χ1) is 15.9. The number of piperidine rings is 1. The van der Waals surface area contributed by atoms with Crippen molar-refractivity contribution in [3.63, 3.8) is 0 Å². The molecule has 1 aliphatic heterocycles. The van der Waals surface area contributed by atoms with Crippen molar-refractivity contribution in [3.8, 4) is 22.5 Å². The molecule has 3 aromatic rings. The molecule has 2 N–H and O–H groups in total. The van der Waals surface area contributed by atoms with Crippen LogP contribution in [0.1, 0.15) is 58.9 Å². The highest BCUT2D eigenvalue weighted by atomic mass is 16.2. The fourth-order valence-electron chi connectivity index (χ4n) is 4.81. The maximum absolute atomic E-state index is 12.9. The third kappa shape index (κ3) is 4.49. The molecule has 174 valence electrons. The summed E-state index contributed by atoms with van der Waals surface area (Å²) in [7, 11) is 0. The van der Waals surface area contributed by atoms with Gasteiger partial charge in [0.1, 0.15) is 0 Å². The minimum atomic E-state index is -0.0630. The molecular weight excluding hydrogens is 416 g/mol. The summed E-state index contributed by atoms with van der Waals surface area (Å²) >= 11 is 0. The Balaban J connectivity index is 1.34. The van der Waals surface area contributed by atoms with Crippen LogP contribution in [-0.2, 0) is 0 Å². The Bertz CT molecular complexity index is 1100. The molecule has 2 fully saturated rings. The van der Waals surface area contributed by atoms with Gasteiger partial charge in [0.15, 0.2) is 0 Å². The average molecular weight is 449 g/mol. The number of H-pyrrole nitrogens is 1. The molecule has 1 saturated heterocycles. The minimum Gasteiger partial charge on any atom is -0.325 e. The highest BCUT2D eigenvalue weighted by molar-refractivity contribution is 5.92. The van der Waals surface area contributed by atoms with E-state index >= 15 is 0 Å². The maximum atomic E-state index is 12.9. The topological polar surface area (TPSA) is 105 Å². The summed E-state index contributed by atoms with van der Waals surface area (Å²) in [5.41, 5.74) is 3.77. The molecule has 2 amide bonds. The largest absolute Gasteiger partial charge is 0.325 e. The number of nitrogens with one attached hydrogen (secondary N) is 2. The lowest BCUT2D eigenvalue weighted by Gasteiger charge is -2.38. The second-order valence-corrected chi connectivity index (χ2v) is 10.3. The van der Waals surface area contributed by atoms with Gasteiger partial charge in [-0.25, -0.2) is 4.79 Å². The van der Waals surface area contributed by atoms with Gasteiger partial charge in [-0.3, -0.25) is 4.68 Å². The smallest absolute Gasteiger partial charge is 0.321 e. The van der Waals surface area contributed by atoms with Crippen LogP contribution in [0.2, 0.25) is 0 Å². The first-order valence-corrected chi connectivity index (χ1v) is 11.9. The molecule has 1 aliphatic carbocycles. The van der Waals surface area contributed by atoms with Crippen molar-refractivity contribution in [3.05, 3.63) is 30.6 Å². The molecule has 2 aromatic heterocycles. The normalized spacial score (nSPS) is 17.7. The zero-order valence-electron chi connectivity index (χ0n) is 19.6. The molecule has 33 heavy (non-hydrogen) atoms. The summed E-state index contributed by atoms with van der Waals surface area (Å²) in [5, 5.41) is 22.3. The molecule has 0 bridgehead atoms. The van der Waals surface area contributed by atoms with Gasteiger partial charge in [0.2, 0.25) is 5.82 Å². The first kappa shape index (κ1) is 21.6. The lowest BCUT2D eigenvalue weighted by Crippen LogP contribution is -2.43. The Morgan fingerprint density at radius 1 is 1.12 bits per heavy atom. The summed E-state index contributed by atoms with van der Waals surface area (Å²) in [4.78, 5) is 14.9. The van der Waals surface area contributed by atoms with Gasteiger partial charge in [-0.05, 0) is 66.3 Å². The minimum absolute atomic E-state index is 0.0630. The Morgan fingerprint density at radius 2 is 1.91 bits per heavy atom. The van der Waals surface area contributed by atoms with E-state index in [1.165, 1.54) is 19.3 Å². The van der Waals surface area contributed by atoms with Gasteiger partial charge in [0.05, 0.1) is 12.2 Å². The van der Waals surface area contributed by atoms with E-state index in [-0.39, 0.29) is 11.4 Å². The number of benzene rings is 1. The number of hydrogen-bond donors (Lipinski definition) is 2. The molecule has 0 radical (unpaired) electrons. The highest BCUT2D eigenvalue weighted by Crippen LogP contribution is 2.36. The Morgan fingerprint density at radius 3 is 2.55 bits per heavy atom. The monoisotopic (exact) mass is 448 g/mol. The third-order valence-electron chi connectivity index (χ3n) is 7.23. The lowest BCUT2D eigenvalue weighted by atomic mass is 9.75. The van der Waals surface area contributed by atoms with Crippen LogP contribution < -0.4 is 5.32 Å². The molecule has 0 unspecified atom stereocenters. The predicted molar refractivity (Wildman–Crippen MR) is 126 cm³/mol. The second-order valence-electron chi connectivity index (χ2n) is 10.3. The van der Waals surface area contributed by atoms with Crippen LogP contribution in [0.4, 0.5) is 10.5 Å². The molecule has 9 nitrogen and oxygen atoms in total. The number of tetrazole rings is 1. The predicted octanol–water partition coefficient (Wildman–Crippen LogP) is 4.75. The van der Waals surface area contributed by atoms with E-state index in [1.807, 2.05) is 29.3 Å². The van der Waals surface area contributed by atoms with Crippen LogP contribution in [0, 0.1) is 11.3 Å². The fourth-order valence-corrected chi connectivity index (χ4v) is 4.81. The van der Waals surface area contributed by atoms with E-state index in [1.54, 1.807) is 0 Å². The van der Waals surface area contributed by atoms with Crippen molar-refractivity contribution in [1.82, 2.24) is 35.3 Å². The SMILES string of the molecule is CC(C)(C)C1CCN(C(=O)Nc2ccc(-c3cnn(C4CCC4)c3)c(-c3nn[nH]n3)c2)CC1. The lowest BCUT2D eigenvalue weighted by molar-refractivity contribution is 0.128. The number of amides is 2. The van der Waals surface area contributed by atoms with Gasteiger partial charge in [-0.15, -0.1) is 10.2 Å². The standard InChI is InChI=1S/C24H32N8O/c1-24(2,3)17-9-11-31(12-10-17)23(33)26-18-7-8-20(21(13-18)22-27-29-30-28-22)16-14-25-32(15-16)19-5-4-6-19/h7-8,13-15,17,19H,4-6,9-12H2,1-3H3,(H,26,33)(H,27,28,29,30). The first-order valence-electron chi connectivity index (χ1n) is 11.9. The second kappa shape index (κ2) is 8.61. The number of nitrogens with zero attached hydrogens (tertiary/aromatic N) is 6. The Kier molecular flexibility index (Phi) is 5.64. The van der Waals surface area contributed by atoms with Crippen molar-refractivity contribution in [1.29, 1.82) is 0 Å². The number of carbonyl (C=O) groups is 1. The van der Waals surface area contributed by atoms with Crippen LogP contribution >= 0.6 is 0 Å². The molecule has 1 aromatic carbocycles. The molecular formula is C24H32N8O. The number of urea groups is 1. The Labute approximate surface area is 193 Å². The number of aromatic amines is 1. The zero-order valence-corrected chi connectivity index (χ0v) is 19.6. The van der Waals surface area contributed by atoms with Gasteiger partial charge < -0.3 is 10.2 Å². The molecule has 9 heteroatoms. The third-order valence-corrected chi connectivity index (χ3v) is 7.23. The summed E-state index contributed by atoms with van der Waals surface area (Å²) in [6.07, 6.45) is 9.66. The van der Waals surface area contributed by atoms with Gasteiger partial charge in [-0.1, -0.05) is 26.8 Å². The number of likely N-dealkylation sites (tertiary alicyclic amines) is 1. The summed E-state index contributed by atoms with van der Waals surface area (Å²) in [5.74, 6) is 1.13. The average Bonchev–Trinajstić information content (AvgIpc) is 3.44. The van der Waals surface area contributed by atoms with Crippen molar-refractivity contribution in [2.24, 2.45) is 11.3 Å². The number of carbonyl (C=O) groups excluding carboxylic acids is 1. The van der Waals surface area contributed by atoms with E-state index in [4.69, 9.17) is 0 Å². The zero-order chi connectivity index (χ0) is 23.0. The number of hydrogen-bond acceptors (Lipinski definition) is 5. The van der Waals surface area contributed by atoms with Crippen molar-refractivity contribution in [2.75, 3.05) is 18.4 Å². The maximum Gasteiger partial charge on any atom is 0.321 e. The number of anilines is 1. The van der Waals surface area contributed by atoms with E-state index in [9.17, 15) is 4.79 Å². The van der Waals surface area contributed by atoms with Gasteiger partial charge in [-0.2, -0.15) is 10.3 Å². The molecule has 5 rings (SSSR count). The summed E-state index contributed by atoms with van der Waals surface area (Å²) in [6, 6.07) is 6.27. The van der Waals surface area contributed by atoms with Crippen molar-refractivity contribution >= 4 is 11.7 Å². The van der Waals surface area contributed by atoms with Crippen LogP contribution in [-0.4, -0.2) is 54.4 Å². The van der Waals surface area contributed by atoms with Gasteiger partial charge in [0, 0.05) is 36.1 Å². The van der Waals surface area contributed by atoms with E-state index < -0.39 is 0 Å². The number of rotatable bonds is 4. The number of aromatic nitrogens is 6. The van der Waals surface area contributed by atoms with E-state index in [2.05, 4.69) is 62.7 Å². The summed E-state index contributed by atoms with van der Waals surface area (Å²) in [6.45, 7) is 8.41. The fraction of sp³-hybridized carbons (Fsp3) is 0.542.